The number of methoxy groups -OCH3 is 2. The second-order valence-electron chi connectivity index (χ2n) is 5.53. The van der Waals surface area contributed by atoms with Crippen molar-refractivity contribution >= 4 is 23.9 Å². The van der Waals surface area contributed by atoms with Crippen molar-refractivity contribution in [1.82, 2.24) is 0 Å². The molecule has 0 aliphatic heterocycles. The third-order valence-corrected chi connectivity index (χ3v) is 3.74. The second-order valence-corrected chi connectivity index (χ2v) is 5.53. The zero-order chi connectivity index (χ0) is 17.9. The predicted octanol–water partition coefficient (Wildman–Crippen LogP) is 1.29. The van der Waals surface area contributed by atoms with Gasteiger partial charge in [-0.05, 0) is 25.7 Å². The first kappa shape index (κ1) is 19.9. The normalized spacial score (nSPS) is 19.9. The Morgan fingerprint density at radius 1 is 0.625 bits per heavy atom. The van der Waals surface area contributed by atoms with Gasteiger partial charge in [-0.25, -0.2) is 0 Å². The van der Waals surface area contributed by atoms with Crippen LogP contribution in [0.2, 0.25) is 0 Å². The standard InChI is InChI=1S/C16H24O8/c1-21-13(17)7-9-15(19)23-11-3-5-12(6-4-11)24-16(20)10-8-14(18)22-2/h11-12H,3-10H2,1-2H3. The van der Waals surface area contributed by atoms with E-state index in [4.69, 9.17) is 9.47 Å². The van der Waals surface area contributed by atoms with E-state index in [9.17, 15) is 19.2 Å². The molecule has 0 bridgehead atoms. The molecule has 136 valence electrons. The van der Waals surface area contributed by atoms with Crippen molar-refractivity contribution in [2.24, 2.45) is 0 Å². The molecular formula is C16H24O8. The van der Waals surface area contributed by atoms with Gasteiger partial charge in [0.15, 0.2) is 0 Å². The summed E-state index contributed by atoms with van der Waals surface area (Å²) in [6.07, 6.45) is 1.94. The summed E-state index contributed by atoms with van der Waals surface area (Å²) < 4.78 is 19.5. The van der Waals surface area contributed by atoms with E-state index in [2.05, 4.69) is 9.47 Å². The Morgan fingerprint density at radius 2 is 0.917 bits per heavy atom. The molecule has 0 aromatic carbocycles. The molecule has 1 aliphatic rings. The summed E-state index contributed by atoms with van der Waals surface area (Å²) in [4.78, 5) is 45.1. The lowest BCUT2D eigenvalue weighted by molar-refractivity contribution is -0.160. The minimum Gasteiger partial charge on any atom is -0.469 e. The van der Waals surface area contributed by atoms with Crippen molar-refractivity contribution in [3.8, 4) is 0 Å². The van der Waals surface area contributed by atoms with Crippen LogP contribution in [0.1, 0.15) is 51.4 Å². The fourth-order valence-corrected chi connectivity index (χ4v) is 2.37. The molecule has 1 saturated carbocycles. The number of carbonyl (C=O) groups is 4. The van der Waals surface area contributed by atoms with Crippen molar-refractivity contribution in [3.63, 3.8) is 0 Å². The van der Waals surface area contributed by atoms with Crippen LogP contribution >= 0.6 is 0 Å². The fraction of sp³-hybridized carbons (Fsp3) is 0.750. The van der Waals surface area contributed by atoms with E-state index in [1.54, 1.807) is 0 Å². The number of hydrogen-bond acceptors (Lipinski definition) is 8. The van der Waals surface area contributed by atoms with Crippen molar-refractivity contribution in [2.45, 2.75) is 63.6 Å². The van der Waals surface area contributed by atoms with Crippen LogP contribution in [-0.4, -0.2) is 50.3 Å². The topological polar surface area (TPSA) is 105 Å². The minimum atomic E-state index is -0.450. The van der Waals surface area contributed by atoms with Gasteiger partial charge < -0.3 is 18.9 Å². The van der Waals surface area contributed by atoms with Crippen LogP contribution < -0.4 is 0 Å². The first-order valence-corrected chi connectivity index (χ1v) is 7.97. The number of ether oxygens (including phenoxy) is 4. The maximum atomic E-state index is 11.6. The Labute approximate surface area is 140 Å². The zero-order valence-corrected chi connectivity index (χ0v) is 14.1. The molecule has 8 heteroatoms. The molecule has 0 unspecified atom stereocenters. The van der Waals surface area contributed by atoms with Crippen molar-refractivity contribution in [2.75, 3.05) is 14.2 Å². The highest BCUT2D eigenvalue weighted by atomic mass is 16.6. The van der Waals surface area contributed by atoms with Gasteiger partial charge in [0.1, 0.15) is 12.2 Å². The quantitative estimate of drug-likeness (QED) is 0.479. The van der Waals surface area contributed by atoms with Gasteiger partial charge in [0.25, 0.3) is 0 Å². The van der Waals surface area contributed by atoms with Crippen molar-refractivity contribution < 1.29 is 38.1 Å². The highest BCUT2D eigenvalue weighted by molar-refractivity contribution is 5.78. The Morgan fingerprint density at radius 3 is 1.21 bits per heavy atom. The van der Waals surface area contributed by atoms with E-state index in [0.717, 1.165) is 0 Å². The first-order chi connectivity index (χ1) is 11.4. The zero-order valence-electron chi connectivity index (χ0n) is 14.1. The summed E-state index contributed by atoms with van der Waals surface area (Å²) in [6, 6.07) is 0. The third kappa shape index (κ3) is 7.94. The molecule has 0 heterocycles. The molecule has 8 nitrogen and oxygen atoms in total. The monoisotopic (exact) mass is 344 g/mol. The largest absolute Gasteiger partial charge is 0.469 e. The highest BCUT2D eigenvalue weighted by Crippen LogP contribution is 2.24. The van der Waals surface area contributed by atoms with E-state index in [0.29, 0.717) is 25.7 Å². The van der Waals surface area contributed by atoms with Gasteiger partial charge in [-0.1, -0.05) is 0 Å². The van der Waals surface area contributed by atoms with Gasteiger partial charge in [0.05, 0.1) is 39.9 Å². The van der Waals surface area contributed by atoms with Crippen LogP contribution in [0.15, 0.2) is 0 Å². The number of esters is 4. The Bertz CT molecular complexity index is 409. The molecule has 0 N–H and O–H groups in total. The Balaban J connectivity index is 2.19. The summed E-state index contributed by atoms with van der Waals surface area (Å²) in [6.45, 7) is 0. The maximum Gasteiger partial charge on any atom is 0.306 e. The third-order valence-electron chi connectivity index (χ3n) is 3.74. The molecule has 1 fully saturated rings. The first-order valence-electron chi connectivity index (χ1n) is 7.97. The number of carbonyl (C=O) groups excluding carboxylic acids is 4. The van der Waals surface area contributed by atoms with E-state index < -0.39 is 23.9 Å². The van der Waals surface area contributed by atoms with Crippen LogP contribution in [0.4, 0.5) is 0 Å². The second kappa shape index (κ2) is 10.6. The molecule has 0 aromatic heterocycles. The molecule has 0 atom stereocenters. The molecule has 1 aliphatic carbocycles. The average Bonchev–Trinajstić information content (AvgIpc) is 2.59. The molecule has 0 amide bonds. The summed E-state index contributed by atoms with van der Waals surface area (Å²) in [7, 11) is 2.53. The lowest BCUT2D eigenvalue weighted by Crippen LogP contribution is -2.30. The van der Waals surface area contributed by atoms with Gasteiger partial charge in [-0.15, -0.1) is 0 Å². The number of rotatable bonds is 8. The van der Waals surface area contributed by atoms with Crippen LogP contribution in [0.3, 0.4) is 0 Å². The summed E-state index contributed by atoms with van der Waals surface area (Å²) >= 11 is 0. The smallest absolute Gasteiger partial charge is 0.306 e. The van der Waals surface area contributed by atoms with E-state index in [1.165, 1.54) is 14.2 Å². The summed E-state index contributed by atoms with van der Waals surface area (Å²) in [5, 5.41) is 0. The maximum absolute atomic E-state index is 11.6. The van der Waals surface area contributed by atoms with Crippen LogP contribution in [0, 0.1) is 0 Å². The van der Waals surface area contributed by atoms with Gasteiger partial charge in [0.2, 0.25) is 0 Å². The fourth-order valence-electron chi connectivity index (χ4n) is 2.37. The molecular weight excluding hydrogens is 320 g/mol. The molecule has 24 heavy (non-hydrogen) atoms. The summed E-state index contributed by atoms with van der Waals surface area (Å²) in [5.41, 5.74) is 0. The van der Waals surface area contributed by atoms with Crippen LogP contribution in [-0.2, 0) is 38.1 Å². The molecule has 0 aromatic rings. The molecule has 1 rings (SSSR count). The Kier molecular flexibility index (Phi) is 8.81. The molecule has 0 spiro atoms. The van der Waals surface area contributed by atoms with Crippen molar-refractivity contribution in [3.05, 3.63) is 0 Å². The highest BCUT2D eigenvalue weighted by Gasteiger charge is 2.26. The van der Waals surface area contributed by atoms with Crippen LogP contribution in [0.5, 0.6) is 0 Å². The summed E-state index contributed by atoms with van der Waals surface area (Å²) in [5.74, 6) is -1.76. The van der Waals surface area contributed by atoms with Gasteiger partial charge in [-0.2, -0.15) is 0 Å². The van der Waals surface area contributed by atoms with E-state index >= 15 is 0 Å². The van der Waals surface area contributed by atoms with Crippen molar-refractivity contribution in [1.29, 1.82) is 0 Å². The predicted molar refractivity (Wildman–Crippen MR) is 80.7 cm³/mol. The average molecular weight is 344 g/mol. The van der Waals surface area contributed by atoms with Crippen LogP contribution in [0.25, 0.3) is 0 Å². The number of hydrogen-bond donors (Lipinski definition) is 0. The SMILES string of the molecule is COC(=O)CCC(=O)OC1CCC(OC(=O)CCC(=O)OC)CC1. The molecule has 0 radical (unpaired) electrons. The van der Waals surface area contributed by atoms with Gasteiger partial charge in [0, 0.05) is 0 Å². The minimum absolute atomic E-state index is 0.00247. The van der Waals surface area contributed by atoms with Gasteiger partial charge in [-0.3, -0.25) is 19.2 Å². The lowest BCUT2D eigenvalue weighted by Gasteiger charge is -2.28. The van der Waals surface area contributed by atoms with Gasteiger partial charge >= 0.3 is 23.9 Å². The Hall–Kier alpha value is -2.12. The van der Waals surface area contributed by atoms with E-state index in [1.807, 2.05) is 0 Å². The lowest BCUT2D eigenvalue weighted by atomic mass is 9.95. The molecule has 0 saturated heterocycles. The van der Waals surface area contributed by atoms with E-state index in [-0.39, 0.29) is 37.9 Å².